The maximum Gasteiger partial charge on any atom is 0.193 e. The fourth-order valence-corrected chi connectivity index (χ4v) is 2.96. The molecular weight excluding hydrogens is 439 g/mol. The van der Waals surface area contributed by atoms with Crippen LogP contribution >= 0.6 is 35.6 Å². The molecule has 1 N–H and O–H groups in total. The molecule has 1 aromatic rings. The van der Waals surface area contributed by atoms with Gasteiger partial charge >= 0.3 is 0 Å². The molecule has 0 amide bonds. The first kappa shape index (κ1) is 21.3. The number of benzene rings is 1. The molecule has 0 aromatic heterocycles. The van der Waals surface area contributed by atoms with Crippen molar-refractivity contribution >= 4 is 47.2 Å². The van der Waals surface area contributed by atoms with Gasteiger partial charge in [0.1, 0.15) is 0 Å². The summed E-state index contributed by atoms with van der Waals surface area (Å²) in [6.45, 7) is 10.2. The Kier molecular flexibility index (Phi) is 9.76. The highest BCUT2D eigenvalue weighted by atomic mass is 127. The van der Waals surface area contributed by atoms with Crippen LogP contribution in [0.1, 0.15) is 12.5 Å². The monoisotopic (exact) mass is 466 g/mol. The summed E-state index contributed by atoms with van der Waals surface area (Å²) in [5, 5.41) is 4.15. The van der Waals surface area contributed by atoms with E-state index in [2.05, 4.69) is 39.2 Å². The lowest BCUT2D eigenvalue weighted by Crippen LogP contribution is -2.53. The van der Waals surface area contributed by atoms with E-state index in [-0.39, 0.29) is 24.0 Å². The van der Waals surface area contributed by atoms with E-state index in [1.807, 2.05) is 20.0 Å². The van der Waals surface area contributed by atoms with Crippen LogP contribution in [0.15, 0.2) is 23.2 Å². The Bertz CT molecular complexity index is 533. The largest absolute Gasteiger partial charge is 0.380 e. The number of aliphatic imine (C=N–C) groups is 1. The number of rotatable bonds is 5. The minimum atomic E-state index is 0. The van der Waals surface area contributed by atoms with Crippen LogP contribution in [-0.2, 0) is 4.74 Å². The van der Waals surface area contributed by atoms with Gasteiger partial charge in [-0.1, -0.05) is 17.7 Å². The Morgan fingerprint density at radius 3 is 2.62 bits per heavy atom. The van der Waals surface area contributed by atoms with E-state index in [0.717, 1.165) is 50.3 Å². The van der Waals surface area contributed by atoms with Gasteiger partial charge in [0.15, 0.2) is 5.96 Å². The topological polar surface area (TPSA) is 40.1 Å². The van der Waals surface area contributed by atoms with Gasteiger partial charge in [-0.2, -0.15) is 0 Å². The molecule has 1 saturated heterocycles. The zero-order valence-electron chi connectivity index (χ0n) is 14.7. The number of hydrogen-bond donors (Lipinski definition) is 1. The lowest BCUT2D eigenvalue weighted by Gasteiger charge is -2.38. The predicted molar refractivity (Wildman–Crippen MR) is 113 cm³/mol. The number of ether oxygens (including phenoxy) is 1. The van der Waals surface area contributed by atoms with Gasteiger partial charge in [-0.3, -0.25) is 4.99 Å². The summed E-state index contributed by atoms with van der Waals surface area (Å²) in [7, 11) is 1.83. The lowest BCUT2D eigenvalue weighted by molar-refractivity contribution is 0.151. The van der Waals surface area contributed by atoms with E-state index in [9.17, 15) is 0 Å². The summed E-state index contributed by atoms with van der Waals surface area (Å²) < 4.78 is 5.36. The van der Waals surface area contributed by atoms with Crippen molar-refractivity contribution in [3.63, 3.8) is 0 Å². The highest BCUT2D eigenvalue weighted by molar-refractivity contribution is 14.0. The summed E-state index contributed by atoms with van der Waals surface area (Å²) in [4.78, 5) is 9.06. The molecular formula is C17H28ClIN4O. The second kappa shape index (κ2) is 11.0. The molecule has 2 rings (SSSR count). The van der Waals surface area contributed by atoms with Gasteiger partial charge in [-0.25, -0.2) is 0 Å². The van der Waals surface area contributed by atoms with Crippen LogP contribution in [0.25, 0.3) is 0 Å². The zero-order valence-corrected chi connectivity index (χ0v) is 17.8. The van der Waals surface area contributed by atoms with Crippen molar-refractivity contribution in [3.8, 4) is 0 Å². The van der Waals surface area contributed by atoms with E-state index in [1.54, 1.807) is 0 Å². The molecule has 7 heteroatoms. The van der Waals surface area contributed by atoms with E-state index < -0.39 is 0 Å². The Morgan fingerprint density at radius 1 is 1.29 bits per heavy atom. The molecule has 0 atom stereocenters. The number of guanidine groups is 1. The van der Waals surface area contributed by atoms with E-state index >= 15 is 0 Å². The second-order valence-electron chi connectivity index (χ2n) is 5.58. The quantitative estimate of drug-likeness (QED) is 0.313. The Hall–Kier alpha value is -0.730. The highest BCUT2D eigenvalue weighted by Gasteiger charge is 2.20. The molecule has 0 unspecified atom stereocenters. The first-order chi connectivity index (χ1) is 11.2. The molecule has 5 nitrogen and oxygen atoms in total. The van der Waals surface area contributed by atoms with Gasteiger partial charge in [0, 0.05) is 57.1 Å². The van der Waals surface area contributed by atoms with Crippen LogP contribution in [0, 0.1) is 6.92 Å². The fourth-order valence-electron chi connectivity index (χ4n) is 2.79. The van der Waals surface area contributed by atoms with Crippen LogP contribution in [0.2, 0.25) is 5.02 Å². The van der Waals surface area contributed by atoms with Crippen molar-refractivity contribution in [2.75, 3.05) is 57.9 Å². The maximum absolute atomic E-state index is 6.14. The van der Waals surface area contributed by atoms with Crippen LogP contribution in [0.3, 0.4) is 0 Å². The van der Waals surface area contributed by atoms with E-state index in [0.29, 0.717) is 6.61 Å². The molecule has 0 saturated carbocycles. The Morgan fingerprint density at radius 2 is 2.00 bits per heavy atom. The molecule has 1 aliphatic heterocycles. The number of hydrogen-bond acceptors (Lipinski definition) is 3. The molecule has 0 aliphatic carbocycles. The number of anilines is 1. The molecule has 136 valence electrons. The van der Waals surface area contributed by atoms with Crippen molar-refractivity contribution in [2.45, 2.75) is 13.8 Å². The fraction of sp³-hybridized carbons (Fsp3) is 0.588. The highest BCUT2D eigenvalue weighted by Crippen LogP contribution is 2.25. The second-order valence-corrected chi connectivity index (χ2v) is 6.01. The molecule has 1 aromatic carbocycles. The Balaban J connectivity index is 0.00000288. The number of aryl methyl sites for hydroxylation is 1. The summed E-state index contributed by atoms with van der Waals surface area (Å²) >= 11 is 6.14. The lowest BCUT2D eigenvalue weighted by atomic mass is 10.1. The van der Waals surface area contributed by atoms with Gasteiger partial charge in [-0.05, 0) is 31.5 Å². The van der Waals surface area contributed by atoms with Gasteiger partial charge in [0.2, 0.25) is 0 Å². The first-order valence-corrected chi connectivity index (χ1v) is 8.58. The SMILES string of the molecule is CCOCCNC(=NC)N1CCN(c2cc(Cl)ccc2C)CC1.I. The average Bonchev–Trinajstić information content (AvgIpc) is 2.57. The summed E-state index contributed by atoms with van der Waals surface area (Å²) in [5.74, 6) is 0.951. The number of nitrogens with one attached hydrogen (secondary N) is 1. The molecule has 1 aliphatic rings. The van der Waals surface area contributed by atoms with Crippen molar-refractivity contribution in [1.29, 1.82) is 0 Å². The number of piperazine rings is 1. The van der Waals surface area contributed by atoms with Crippen molar-refractivity contribution < 1.29 is 4.74 Å². The summed E-state index contributed by atoms with van der Waals surface area (Å²) in [6.07, 6.45) is 0. The van der Waals surface area contributed by atoms with Crippen LogP contribution in [0.4, 0.5) is 5.69 Å². The normalized spacial score (nSPS) is 15.2. The van der Waals surface area contributed by atoms with Gasteiger partial charge in [0.25, 0.3) is 0 Å². The third kappa shape index (κ3) is 5.97. The molecule has 0 spiro atoms. The van der Waals surface area contributed by atoms with Gasteiger partial charge < -0.3 is 19.9 Å². The van der Waals surface area contributed by atoms with Crippen LogP contribution < -0.4 is 10.2 Å². The molecule has 1 fully saturated rings. The molecule has 24 heavy (non-hydrogen) atoms. The standard InChI is InChI=1S/C17H27ClN4O.HI/c1-4-23-12-7-20-17(19-3)22-10-8-21(9-11-22)16-13-15(18)6-5-14(16)2;/h5-6,13H,4,7-12H2,1-3H3,(H,19,20);1H. The van der Waals surface area contributed by atoms with E-state index in [4.69, 9.17) is 16.3 Å². The third-order valence-electron chi connectivity index (χ3n) is 4.04. The number of nitrogens with zero attached hydrogens (tertiary/aromatic N) is 3. The van der Waals surface area contributed by atoms with Crippen molar-refractivity contribution in [3.05, 3.63) is 28.8 Å². The zero-order chi connectivity index (χ0) is 16.7. The minimum absolute atomic E-state index is 0. The summed E-state index contributed by atoms with van der Waals surface area (Å²) in [6, 6.07) is 6.08. The average molecular weight is 467 g/mol. The van der Waals surface area contributed by atoms with Crippen molar-refractivity contribution in [2.24, 2.45) is 4.99 Å². The maximum atomic E-state index is 6.14. The predicted octanol–water partition coefficient (Wildman–Crippen LogP) is 3.00. The van der Waals surface area contributed by atoms with Crippen LogP contribution in [-0.4, -0.2) is 63.8 Å². The molecule has 0 radical (unpaired) electrons. The van der Waals surface area contributed by atoms with E-state index in [1.165, 1.54) is 11.3 Å². The molecule has 1 heterocycles. The smallest absolute Gasteiger partial charge is 0.193 e. The van der Waals surface area contributed by atoms with Crippen molar-refractivity contribution in [1.82, 2.24) is 10.2 Å². The summed E-state index contributed by atoms with van der Waals surface area (Å²) in [5.41, 5.74) is 2.50. The van der Waals surface area contributed by atoms with Crippen LogP contribution in [0.5, 0.6) is 0 Å². The number of halogens is 2. The molecule has 0 bridgehead atoms. The Labute approximate surface area is 167 Å². The minimum Gasteiger partial charge on any atom is -0.380 e. The van der Waals surface area contributed by atoms with Gasteiger partial charge in [-0.15, -0.1) is 24.0 Å². The first-order valence-electron chi connectivity index (χ1n) is 8.20. The van der Waals surface area contributed by atoms with Gasteiger partial charge in [0.05, 0.1) is 6.61 Å². The third-order valence-corrected chi connectivity index (χ3v) is 4.27.